The molecule has 0 heterocycles. The van der Waals surface area contributed by atoms with Crippen molar-refractivity contribution in [2.75, 3.05) is 0 Å². The lowest BCUT2D eigenvalue weighted by atomic mass is 9.76. The van der Waals surface area contributed by atoms with Crippen LogP contribution in [0.1, 0.15) is 136 Å². The SMILES string of the molecule is CC(=O)C1(C)CC1.CC(C)(C)C(=O)C(C)(C)C.CC(C)(C)C(=O)C1CC1.CC(C)C(=O)C(C)(C)C. The molecule has 2 fully saturated rings. The number of hydrogen-bond donors (Lipinski definition) is 0. The zero-order valence-electron chi connectivity index (χ0n) is 26.1. The van der Waals surface area contributed by atoms with Crippen LogP contribution in [-0.2, 0) is 19.2 Å². The summed E-state index contributed by atoms with van der Waals surface area (Å²) in [4.78, 5) is 44.4. The van der Waals surface area contributed by atoms with Crippen molar-refractivity contribution in [1.82, 2.24) is 0 Å². The standard InChI is InChI=1S/C9H18O.C8H14O.C8H16O.C6H10O/c1-8(2,3)7(10)9(4,5)6;1-8(2,3)7(9)6-4-5-6;1-6(2)7(9)8(3,4)5;1-5(7)6(2)3-4-6/h1-6H3;6H,4-5H2,1-3H3;6H,1-5H3;3-4H2,1-2H3. The molecule has 0 spiro atoms. The summed E-state index contributed by atoms with van der Waals surface area (Å²) in [5.74, 6) is 2.05. The van der Waals surface area contributed by atoms with Crippen molar-refractivity contribution < 1.29 is 19.2 Å². The molecule has 0 bridgehead atoms. The van der Waals surface area contributed by atoms with Crippen molar-refractivity contribution in [1.29, 1.82) is 0 Å². The van der Waals surface area contributed by atoms with E-state index in [1.54, 1.807) is 6.92 Å². The molecule has 0 radical (unpaired) electrons. The summed E-state index contributed by atoms with van der Waals surface area (Å²) in [6, 6.07) is 0. The van der Waals surface area contributed by atoms with Crippen molar-refractivity contribution in [2.24, 2.45) is 38.9 Å². The van der Waals surface area contributed by atoms with E-state index in [1.807, 2.05) is 104 Å². The first-order valence-corrected chi connectivity index (χ1v) is 13.3. The molecule has 0 aromatic carbocycles. The summed E-state index contributed by atoms with van der Waals surface area (Å²) < 4.78 is 0. The number of carbonyl (C=O) groups excluding carboxylic acids is 4. The van der Waals surface area contributed by atoms with Crippen LogP contribution in [-0.4, -0.2) is 23.1 Å². The first-order chi connectivity index (χ1) is 15.2. The van der Waals surface area contributed by atoms with Gasteiger partial charge in [-0.2, -0.15) is 0 Å². The highest BCUT2D eigenvalue weighted by molar-refractivity contribution is 5.88. The molecule has 2 aliphatic carbocycles. The summed E-state index contributed by atoms with van der Waals surface area (Å²) in [5.41, 5.74) is -0.536. The second-order valence-electron chi connectivity index (χ2n) is 15.1. The van der Waals surface area contributed by atoms with Crippen LogP contribution in [0.3, 0.4) is 0 Å². The van der Waals surface area contributed by atoms with Gasteiger partial charge >= 0.3 is 0 Å². The van der Waals surface area contributed by atoms with E-state index >= 15 is 0 Å². The van der Waals surface area contributed by atoms with Crippen LogP contribution < -0.4 is 0 Å². The highest BCUT2D eigenvalue weighted by Gasteiger charge is 2.41. The lowest BCUT2D eigenvalue weighted by Gasteiger charge is -2.26. The predicted octanol–water partition coefficient (Wildman–Crippen LogP) is 8.29. The second-order valence-corrected chi connectivity index (χ2v) is 15.1. The molecular formula is C31H58O4. The van der Waals surface area contributed by atoms with Crippen molar-refractivity contribution in [2.45, 2.75) is 136 Å². The fourth-order valence-corrected chi connectivity index (χ4v) is 3.49. The Bertz CT molecular complexity index is 680. The minimum atomic E-state index is -0.196. The molecule has 4 nitrogen and oxygen atoms in total. The van der Waals surface area contributed by atoms with Gasteiger partial charge in [0.1, 0.15) is 23.1 Å². The van der Waals surface area contributed by atoms with E-state index in [9.17, 15) is 19.2 Å². The van der Waals surface area contributed by atoms with Gasteiger partial charge in [0.05, 0.1) is 0 Å². The Kier molecular flexibility index (Phi) is 13.1. The third-order valence-electron chi connectivity index (χ3n) is 6.16. The normalized spacial score (nSPS) is 16.9. The summed E-state index contributed by atoms with van der Waals surface area (Å²) >= 11 is 0. The van der Waals surface area contributed by atoms with Gasteiger partial charge in [0.25, 0.3) is 0 Å². The summed E-state index contributed by atoms with van der Waals surface area (Å²) in [7, 11) is 0. The smallest absolute Gasteiger partial charge is 0.143 e. The molecule has 0 aromatic rings. The van der Waals surface area contributed by atoms with Crippen LogP contribution in [0.4, 0.5) is 0 Å². The van der Waals surface area contributed by atoms with E-state index in [2.05, 4.69) is 0 Å². The Hall–Kier alpha value is -1.32. The third kappa shape index (κ3) is 15.4. The van der Waals surface area contributed by atoms with E-state index in [4.69, 9.17) is 0 Å². The van der Waals surface area contributed by atoms with Gasteiger partial charge in [0.15, 0.2) is 0 Å². The number of carbonyl (C=O) groups is 4. The highest BCUT2D eigenvalue weighted by atomic mass is 16.1. The molecule has 0 saturated heterocycles. The number of ketones is 4. The molecule has 2 saturated carbocycles. The maximum absolute atomic E-state index is 11.5. The molecule has 0 N–H and O–H groups in total. The molecule has 2 aliphatic rings. The van der Waals surface area contributed by atoms with Crippen LogP contribution in [0.25, 0.3) is 0 Å². The quantitative estimate of drug-likeness (QED) is 0.396. The fraction of sp³-hybridized carbons (Fsp3) is 0.871. The number of hydrogen-bond acceptors (Lipinski definition) is 4. The van der Waals surface area contributed by atoms with Crippen molar-refractivity contribution in [3.63, 3.8) is 0 Å². The van der Waals surface area contributed by atoms with Gasteiger partial charge in [0.2, 0.25) is 0 Å². The molecule has 4 heteroatoms. The predicted molar refractivity (Wildman–Crippen MR) is 148 cm³/mol. The minimum Gasteiger partial charge on any atom is -0.299 e. The summed E-state index contributed by atoms with van der Waals surface area (Å²) in [5, 5.41) is 0. The fourth-order valence-electron chi connectivity index (χ4n) is 3.49. The average Bonchev–Trinajstić information content (AvgIpc) is 3.54. The first-order valence-electron chi connectivity index (χ1n) is 13.3. The monoisotopic (exact) mass is 494 g/mol. The van der Waals surface area contributed by atoms with Gasteiger partial charge in [-0.3, -0.25) is 19.2 Å². The lowest BCUT2D eigenvalue weighted by Crippen LogP contribution is -2.32. The van der Waals surface area contributed by atoms with Gasteiger partial charge < -0.3 is 0 Å². The molecule has 0 aromatic heterocycles. The molecule has 35 heavy (non-hydrogen) atoms. The maximum atomic E-state index is 11.5. The number of rotatable bonds is 3. The largest absolute Gasteiger partial charge is 0.299 e. The molecule has 2 rings (SSSR count). The van der Waals surface area contributed by atoms with Crippen LogP contribution in [0, 0.1) is 38.9 Å². The Balaban J connectivity index is 0. The Morgan fingerprint density at radius 2 is 1.00 bits per heavy atom. The van der Waals surface area contributed by atoms with Crippen LogP contribution in [0.5, 0.6) is 0 Å². The van der Waals surface area contributed by atoms with Gasteiger partial charge in [-0.05, 0) is 32.6 Å². The molecule has 0 atom stereocenters. The van der Waals surface area contributed by atoms with E-state index in [1.165, 1.54) is 0 Å². The van der Waals surface area contributed by atoms with Gasteiger partial charge in [-0.15, -0.1) is 0 Å². The van der Waals surface area contributed by atoms with E-state index in [0.29, 0.717) is 29.1 Å². The van der Waals surface area contributed by atoms with Gasteiger partial charge in [-0.25, -0.2) is 0 Å². The summed E-state index contributed by atoms with van der Waals surface area (Å²) in [6.07, 6.45) is 4.50. The second kappa shape index (κ2) is 12.8. The van der Waals surface area contributed by atoms with Crippen LogP contribution >= 0.6 is 0 Å². The molecule has 206 valence electrons. The number of Topliss-reactive ketones (excluding diaryl/α,β-unsaturated/α-hetero) is 4. The Morgan fingerprint density at radius 1 is 0.657 bits per heavy atom. The van der Waals surface area contributed by atoms with Crippen molar-refractivity contribution in [3.8, 4) is 0 Å². The first kappa shape index (κ1) is 35.8. The topological polar surface area (TPSA) is 68.3 Å². The maximum Gasteiger partial charge on any atom is 0.143 e. The van der Waals surface area contributed by atoms with Crippen molar-refractivity contribution in [3.05, 3.63) is 0 Å². The third-order valence-corrected chi connectivity index (χ3v) is 6.16. The van der Waals surface area contributed by atoms with Crippen LogP contribution in [0.15, 0.2) is 0 Å². The lowest BCUT2D eigenvalue weighted by molar-refractivity contribution is -0.134. The average molecular weight is 495 g/mol. The summed E-state index contributed by atoms with van der Waals surface area (Å²) in [6.45, 7) is 31.2. The van der Waals surface area contributed by atoms with E-state index in [0.717, 1.165) is 25.7 Å². The van der Waals surface area contributed by atoms with Gasteiger partial charge in [-0.1, -0.05) is 104 Å². The highest BCUT2D eigenvalue weighted by Crippen LogP contribution is 2.45. The van der Waals surface area contributed by atoms with Crippen molar-refractivity contribution >= 4 is 23.1 Å². The van der Waals surface area contributed by atoms with E-state index < -0.39 is 0 Å². The molecule has 0 unspecified atom stereocenters. The van der Waals surface area contributed by atoms with Gasteiger partial charge in [0, 0.05) is 38.9 Å². The minimum absolute atomic E-state index is 0.0961. The van der Waals surface area contributed by atoms with Crippen LogP contribution in [0.2, 0.25) is 0 Å². The molecule has 0 amide bonds. The van der Waals surface area contributed by atoms with E-state index in [-0.39, 0.29) is 33.0 Å². The zero-order valence-corrected chi connectivity index (χ0v) is 26.1. The Labute approximate surface area is 217 Å². The molecular weight excluding hydrogens is 436 g/mol. The Morgan fingerprint density at radius 3 is 1.03 bits per heavy atom. The zero-order chi connectivity index (χ0) is 28.8. The molecule has 0 aliphatic heterocycles.